The number of hydrogen-bond donors (Lipinski definition) is 1. The standard InChI is InChI=1S/C21H25NO.C3H8O2S/c23-21(19-9-5-2-6-10-19)22-20-15-13-18(14-16-20)12-11-17-7-3-1-4-8-17;1-3(2)6(4)5/h1,3-4,7-8,13-16,19H,2,5-6,9-12H2,(H,22,23);3H,1-2H3,(H,4,5)/p-1. The molecule has 1 atom stereocenters. The van der Waals surface area contributed by atoms with Crippen molar-refractivity contribution < 1.29 is 13.6 Å². The van der Waals surface area contributed by atoms with Crippen molar-refractivity contribution in [3.63, 3.8) is 0 Å². The molecule has 0 spiro atoms. The zero-order valence-corrected chi connectivity index (χ0v) is 18.3. The van der Waals surface area contributed by atoms with Crippen LogP contribution in [0, 0.1) is 5.92 Å². The third kappa shape index (κ3) is 8.92. The Morgan fingerprint density at radius 1 is 0.966 bits per heavy atom. The molecule has 4 nitrogen and oxygen atoms in total. The molecule has 1 unspecified atom stereocenters. The molecule has 0 bridgehead atoms. The Bertz CT molecular complexity index is 753. The minimum absolute atomic E-state index is 0.196. The van der Waals surface area contributed by atoms with E-state index < -0.39 is 11.1 Å². The third-order valence-corrected chi connectivity index (χ3v) is 5.90. The molecule has 29 heavy (non-hydrogen) atoms. The fourth-order valence-electron chi connectivity index (χ4n) is 3.30. The Kier molecular flexibility index (Phi) is 10.1. The van der Waals surface area contributed by atoms with Gasteiger partial charge in [-0.15, -0.1) is 0 Å². The minimum Gasteiger partial charge on any atom is -0.772 e. The number of hydrogen-bond acceptors (Lipinski definition) is 3. The molecule has 2 aromatic carbocycles. The number of aryl methyl sites for hydroxylation is 2. The Labute approximate surface area is 177 Å². The predicted molar refractivity (Wildman–Crippen MR) is 120 cm³/mol. The summed E-state index contributed by atoms with van der Waals surface area (Å²) in [5.74, 6) is 0.406. The Morgan fingerprint density at radius 3 is 2.00 bits per heavy atom. The van der Waals surface area contributed by atoms with E-state index >= 15 is 0 Å². The van der Waals surface area contributed by atoms with E-state index in [0.717, 1.165) is 31.4 Å². The smallest absolute Gasteiger partial charge is 0.227 e. The lowest BCUT2D eigenvalue weighted by atomic mass is 9.88. The van der Waals surface area contributed by atoms with Gasteiger partial charge in [0.05, 0.1) is 0 Å². The zero-order valence-electron chi connectivity index (χ0n) is 17.4. The fraction of sp³-hybridized carbons (Fsp3) is 0.458. The van der Waals surface area contributed by atoms with Gasteiger partial charge in [0.2, 0.25) is 5.91 Å². The van der Waals surface area contributed by atoms with Crippen LogP contribution in [0.4, 0.5) is 5.69 Å². The average Bonchev–Trinajstić information content (AvgIpc) is 2.75. The van der Waals surface area contributed by atoms with Gasteiger partial charge in [-0.1, -0.05) is 86.7 Å². The van der Waals surface area contributed by atoms with Gasteiger partial charge in [0.15, 0.2) is 0 Å². The lowest BCUT2D eigenvalue weighted by Gasteiger charge is -2.20. The maximum atomic E-state index is 12.3. The number of anilines is 1. The summed E-state index contributed by atoms with van der Waals surface area (Å²) in [6, 6.07) is 18.9. The lowest BCUT2D eigenvalue weighted by Crippen LogP contribution is -2.24. The Hall–Kier alpha value is -1.98. The molecule has 0 heterocycles. The summed E-state index contributed by atoms with van der Waals surface area (Å²) in [7, 11) is 0. The van der Waals surface area contributed by atoms with Crippen molar-refractivity contribution in [2.24, 2.45) is 5.92 Å². The van der Waals surface area contributed by atoms with Crippen LogP contribution in [0.15, 0.2) is 54.6 Å². The number of rotatable bonds is 6. The van der Waals surface area contributed by atoms with E-state index in [1.165, 1.54) is 30.4 Å². The van der Waals surface area contributed by atoms with Gasteiger partial charge in [0, 0.05) is 16.9 Å². The molecular formula is C24H32NO3S-. The largest absolute Gasteiger partial charge is 0.772 e. The van der Waals surface area contributed by atoms with Crippen LogP contribution in [0.2, 0.25) is 0 Å². The first kappa shape index (κ1) is 23.3. The second-order valence-electron chi connectivity index (χ2n) is 7.82. The molecule has 3 rings (SSSR count). The number of amides is 1. The van der Waals surface area contributed by atoms with E-state index in [9.17, 15) is 13.6 Å². The summed E-state index contributed by atoms with van der Waals surface area (Å²) in [6.45, 7) is 3.26. The molecule has 1 fully saturated rings. The van der Waals surface area contributed by atoms with E-state index in [1.54, 1.807) is 13.8 Å². The van der Waals surface area contributed by atoms with Crippen LogP contribution in [-0.2, 0) is 28.7 Å². The van der Waals surface area contributed by atoms with E-state index in [2.05, 4.69) is 41.7 Å². The highest BCUT2D eigenvalue weighted by Gasteiger charge is 2.20. The highest BCUT2D eigenvalue weighted by Crippen LogP contribution is 2.25. The predicted octanol–water partition coefficient (Wildman–Crippen LogP) is 5.26. The first-order valence-electron chi connectivity index (χ1n) is 10.5. The molecule has 0 aliphatic heterocycles. The molecule has 0 saturated heterocycles. The molecule has 5 heteroatoms. The van der Waals surface area contributed by atoms with Gasteiger partial charge < -0.3 is 9.87 Å². The minimum atomic E-state index is -1.87. The van der Waals surface area contributed by atoms with Gasteiger partial charge in [-0.2, -0.15) is 0 Å². The molecule has 1 N–H and O–H groups in total. The van der Waals surface area contributed by atoms with Crippen molar-refractivity contribution in [3.8, 4) is 0 Å². The van der Waals surface area contributed by atoms with Crippen LogP contribution in [0.25, 0.3) is 0 Å². The Morgan fingerprint density at radius 2 is 1.48 bits per heavy atom. The summed E-state index contributed by atoms with van der Waals surface area (Å²) in [5.41, 5.74) is 3.59. The molecule has 1 saturated carbocycles. The van der Waals surface area contributed by atoms with Gasteiger partial charge >= 0.3 is 0 Å². The van der Waals surface area contributed by atoms with Crippen LogP contribution in [0.1, 0.15) is 57.1 Å². The van der Waals surface area contributed by atoms with E-state index in [4.69, 9.17) is 0 Å². The highest BCUT2D eigenvalue weighted by atomic mass is 32.2. The quantitative estimate of drug-likeness (QED) is 0.655. The van der Waals surface area contributed by atoms with E-state index in [0.29, 0.717) is 0 Å². The fourth-order valence-corrected chi connectivity index (χ4v) is 3.30. The number of nitrogens with one attached hydrogen (secondary N) is 1. The third-order valence-electron chi connectivity index (χ3n) is 5.13. The molecule has 1 aliphatic rings. The summed E-state index contributed by atoms with van der Waals surface area (Å²) in [4.78, 5) is 12.3. The first-order valence-corrected chi connectivity index (χ1v) is 11.6. The SMILES string of the molecule is CC(C)S(=O)[O-].O=C(Nc1ccc(CCc2ccccc2)cc1)C1CCCCC1. The van der Waals surface area contributed by atoms with Crippen molar-refractivity contribution in [2.45, 2.75) is 64.0 Å². The van der Waals surface area contributed by atoms with Gasteiger partial charge in [-0.25, -0.2) is 0 Å². The maximum absolute atomic E-state index is 12.3. The van der Waals surface area contributed by atoms with Crippen LogP contribution in [-0.4, -0.2) is 19.9 Å². The topological polar surface area (TPSA) is 69.2 Å². The normalized spacial score (nSPS) is 15.3. The number of carbonyl (C=O) groups excluding carboxylic acids is 1. The van der Waals surface area contributed by atoms with Crippen molar-refractivity contribution in [1.82, 2.24) is 0 Å². The van der Waals surface area contributed by atoms with Gasteiger partial charge in [0.25, 0.3) is 0 Å². The lowest BCUT2D eigenvalue weighted by molar-refractivity contribution is -0.120. The maximum Gasteiger partial charge on any atom is 0.227 e. The first-order chi connectivity index (χ1) is 14.0. The number of benzene rings is 2. The molecule has 1 aliphatic carbocycles. The summed E-state index contributed by atoms with van der Waals surface area (Å²) in [6.07, 6.45) is 7.82. The summed E-state index contributed by atoms with van der Waals surface area (Å²) < 4.78 is 19.4. The summed E-state index contributed by atoms with van der Waals surface area (Å²) >= 11 is -1.87. The zero-order chi connectivity index (χ0) is 21.1. The van der Waals surface area contributed by atoms with Crippen molar-refractivity contribution in [2.75, 3.05) is 5.32 Å². The van der Waals surface area contributed by atoms with Crippen LogP contribution in [0.5, 0.6) is 0 Å². The molecule has 0 aromatic heterocycles. The molecule has 1 amide bonds. The van der Waals surface area contributed by atoms with Gasteiger partial charge in [-0.05, 0) is 48.9 Å². The van der Waals surface area contributed by atoms with Crippen LogP contribution >= 0.6 is 0 Å². The second-order valence-corrected chi connectivity index (χ2v) is 9.28. The number of carbonyl (C=O) groups is 1. The van der Waals surface area contributed by atoms with Crippen LogP contribution < -0.4 is 5.32 Å². The second kappa shape index (κ2) is 12.6. The van der Waals surface area contributed by atoms with Gasteiger partial charge in [-0.3, -0.25) is 9.00 Å². The van der Waals surface area contributed by atoms with Gasteiger partial charge in [0.1, 0.15) is 0 Å². The van der Waals surface area contributed by atoms with Crippen molar-refractivity contribution >= 4 is 22.7 Å². The summed E-state index contributed by atoms with van der Waals surface area (Å²) in [5, 5.41) is 2.84. The average molecular weight is 415 g/mol. The van der Waals surface area contributed by atoms with Crippen molar-refractivity contribution in [1.29, 1.82) is 0 Å². The van der Waals surface area contributed by atoms with Crippen molar-refractivity contribution in [3.05, 3.63) is 65.7 Å². The Balaban J connectivity index is 0.000000438. The molecule has 2 aromatic rings. The van der Waals surface area contributed by atoms with E-state index in [1.807, 2.05) is 18.2 Å². The van der Waals surface area contributed by atoms with Crippen LogP contribution in [0.3, 0.4) is 0 Å². The molecule has 0 radical (unpaired) electrons. The molecule has 158 valence electrons. The van der Waals surface area contributed by atoms with E-state index in [-0.39, 0.29) is 17.1 Å². The highest BCUT2D eigenvalue weighted by molar-refractivity contribution is 7.79. The molecular weight excluding hydrogens is 382 g/mol. The monoisotopic (exact) mass is 414 g/mol.